The number of nitrogens with zero attached hydrogens (tertiary/aromatic N) is 4. The molecule has 1 aromatic carbocycles. The van der Waals surface area contributed by atoms with Crippen molar-refractivity contribution in [2.75, 3.05) is 33.4 Å². The second-order valence-corrected chi connectivity index (χ2v) is 6.96. The number of carbonyl (C=O) groups is 1. The highest BCUT2D eigenvalue weighted by molar-refractivity contribution is 5.94. The van der Waals surface area contributed by atoms with Gasteiger partial charge in [0.1, 0.15) is 12.4 Å². The van der Waals surface area contributed by atoms with E-state index in [2.05, 4.69) is 16.5 Å². The minimum Gasteiger partial charge on any atom is -0.491 e. The number of ether oxygens (including phenoxy) is 2. The van der Waals surface area contributed by atoms with Crippen molar-refractivity contribution in [3.63, 3.8) is 0 Å². The first-order chi connectivity index (χ1) is 12.7. The lowest BCUT2D eigenvalue weighted by atomic mass is 10.2. The smallest absolute Gasteiger partial charge is 0.253 e. The molecule has 2 heterocycles. The Hall–Kier alpha value is -2.41. The summed E-state index contributed by atoms with van der Waals surface area (Å²) in [6.45, 7) is 2.46. The first kappa shape index (κ1) is 17.0. The number of benzene rings is 1. The van der Waals surface area contributed by atoms with Crippen molar-refractivity contribution in [2.24, 2.45) is 0 Å². The second kappa shape index (κ2) is 7.45. The van der Waals surface area contributed by atoms with Gasteiger partial charge < -0.3 is 14.4 Å². The van der Waals surface area contributed by atoms with Crippen LogP contribution in [0.15, 0.2) is 30.5 Å². The summed E-state index contributed by atoms with van der Waals surface area (Å²) in [7, 11) is 1.64. The molecule has 26 heavy (non-hydrogen) atoms. The van der Waals surface area contributed by atoms with E-state index in [4.69, 9.17) is 9.47 Å². The van der Waals surface area contributed by atoms with E-state index in [9.17, 15) is 4.79 Å². The van der Waals surface area contributed by atoms with Crippen LogP contribution >= 0.6 is 0 Å². The maximum Gasteiger partial charge on any atom is 0.253 e. The van der Waals surface area contributed by atoms with Crippen molar-refractivity contribution in [1.29, 1.82) is 0 Å². The summed E-state index contributed by atoms with van der Waals surface area (Å²) >= 11 is 0. The summed E-state index contributed by atoms with van der Waals surface area (Å²) in [6, 6.07) is 7.51. The standard InChI is InChI=1S/C19H24N4O3/c1-25-10-11-26-17-6-4-15(5-7-17)19(24)22-9-8-16(12-22)23-13-18(20-21-23)14-2-3-14/h4-7,13-14,16H,2-3,8-12H2,1H3. The van der Waals surface area contributed by atoms with Crippen LogP contribution in [0.1, 0.15) is 47.3 Å². The van der Waals surface area contributed by atoms with Crippen molar-refractivity contribution in [1.82, 2.24) is 19.9 Å². The predicted octanol–water partition coefficient (Wildman–Crippen LogP) is 2.27. The Morgan fingerprint density at radius 2 is 2.00 bits per heavy atom. The van der Waals surface area contributed by atoms with E-state index in [1.807, 2.05) is 33.8 Å². The van der Waals surface area contributed by atoms with E-state index in [1.165, 1.54) is 12.8 Å². The van der Waals surface area contributed by atoms with Gasteiger partial charge in [-0.2, -0.15) is 0 Å². The number of methoxy groups -OCH3 is 1. The average Bonchev–Trinajstić information content (AvgIpc) is 3.20. The quantitative estimate of drug-likeness (QED) is 0.712. The van der Waals surface area contributed by atoms with Crippen molar-refractivity contribution >= 4 is 5.91 Å². The Bertz CT molecular complexity index is 754. The molecule has 0 bridgehead atoms. The zero-order valence-electron chi connectivity index (χ0n) is 15.0. The molecule has 4 rings (SSSR count). The van der Waals surface area contributed by atoms with Crippen LogP contribution in [0.25, 0.3) is 0 Å². The van der Waals surface area contributed by atoms with E-state index in [1.54, 1.807) is 7.11 Å². The molecule has 1 aromatic heterocycles. The fourth-order valence-corrected chi connectivity index (χ4v) is 3.30. The Morgan fingerprint density at radius 3 is 2.73 bits per heavy atom. The molecule has 7 heteroatoms. The molecule has 1 amide bonds. The maximum atomic E-state index is 12.7. The number of amides is 1. The topological polar surface area (TPSA) is 69.5 Å². The molecule has 1 aliphatic carbocycles. The zero-order valence-corrected chi connectivity index (χ0v) is 15.0. The summed E-state index contributed by atoms with van der Waals surface area (Å²) in [5, 5.41) is 8.55. The Balaban J connectivity index is 1.34. The van der Waals surface area contributed by atoms with Gasteiger partial charge in [-0.05, 0) is 43.5 Å². The third-order valence-electron chi connectivity index (χ3n) is 5.01. The number of rotatable bonds is 7. The lowest BCUT2D eigenvalue weighted by Gasteiger charge is -2.17. The van der Waals surface area contributed by atoms with Crippen LogP contribution in [0.3, 0.4) is 0 Å². The maximum absolute atomic E-state index is 12.7. The summed E-state index contributed by atoms with van der Waals surface area (Å²) in [6.07, 6.45) is 5.41. The fraction of sp³-hybridized carbons (Fsp3) is 0.526. The summed E-state index contributed by atoms with van der Waals surface area (Å²) in [5.41, 5.74) is 1.78. The van der Waals surface area contributed by atoms with E-state index in [-0.39, 0.29) is 11.9 Å². The van der Waals surface area contributed by atoms with Crippen LogP contribution < -0.4 is 4.74 Å². The number of likely N-dealkylation sites (tertiary alicyclic amines) is 1. The van der Waals surface area contributed by atoms with Gasteiger partial charge in [0.15, 0.2) is 0 Å². The van der Waals surface area contributed by atoms with Crippen LogP contribution in [0.2, 0.25) is 0 Å². The minimum absolute atomic E-state index is 0.0541. The molecule has 2 fully saturated rings. The van der Waals surface area contributed by atoms with Crippen molar-refractivity contribution in [3.05, 3.63) is 41.7 Å². The highest BCUT2D eigenvalue weighted by Crippen LogP contribution is 2.39. The van der Waals surface area contributed by atoms with Gasteiger partial charge >= 0.3 is 0 Å². The van der Waals surface area contributed by atoms with Gasteiger partial charge in [-0.15, -0.1) is 5.10 Å². The van der Waals surface area contributed by atoms with Crippen LogP contribution in [0, 0.1) is 0 Å². The van der Waals surface area contributed by atoms with Crippen molar-refractivity contribution < 1.29 is 14.3 Å². The zero-order chi connectivity index (χ0) is 17.9. The van der Waals surface area contributed by atoms with Gasteiger partial charge in [-0.1, -0.05) is 5.21 Å². The van der Waals surface area contributed by atoms with Crippen LogP contribution in [-0.4, -0.2) is 59.2 Å². The lowest BCUT2D eigenvalue weighted by Crippen LogP contribution is -2.29. The Morgan fingerprint density at radius 1 is 1.19 bits per heavy atom. The molecule has 2 aliphatic rings. The van der Waals surface area contributed by atoms with Gasteiger partial charge in [-0.25, -0.2) is 4.68 Å². The van der Waals surface area contributed by atoms with Crippen molar-refractivity contribution in [2.45, 2.75) is 31.2 Å². The first-order valence-corrected chi connectivity index (χ1v) is 9.17. The third kappa shape index (κ3) is 3.72. The van der Waals surface area contributed by atoms with Gasteiger partial charge in [0, 0.05) is 37.9 Å². The van der Waals surface area contributed by atoms with Gasteiger partial charge in [0.25, 0.3) is 5.91 Å². The number of hydrogen-bond donors (Lipinski definition) is 0. The molecule has 1 unspecified atom stereocenters. The molecule has 0 radical (unpaired) electrons. The Kier molecular flexibility index (Phi) is 4.88. The average molecular weight is 356 g/mol. The molecule has 138 valence electrons. The molecule has 0 N–H and O–H groups in total. The predicted molar refractivity (Wildman–Crippen MR) is 95.4 cm³/mol. The van der Waals surface area contributed by atoms with E-state index in [0.717, 1.165) is 24.4 Å². The highest BCUT2D eigenvalue weighted by Gasteiger charge is 2.31. The molecule has 2 aromatic rings. The number of aromatic nitrogens is 3. The second-order valence-electron chi connectivity index (χ2n) is 6.96. The van der Waals surface area contributed by atoms with E-state index < -0.39 is 0 Å². The van der Waals surface area contributed by atoms with E-state index in [0.29, 0.717) is 31.2 Å². The highest BCUT2D eigenvalue weighted by atomic mass is 16.5. The molecular weight excluding hydrogens is 332 g/mol. The molecule has 1 saturated heterocycles. The molecule has 1 saturated carbocycles. The van der Waals surface area contributed by atoms with Crippen LogP contribution in [0.5, 0.6) is 5.75 Å². The summed E-state index contributed by atoms with van der Waals surface area (Å²) < 4.78 is 12.4. The molecule has 1 atom stereocenters. The fourth-order valence-electron chi connectivity index (χ4n) is 3.30. The SMILES string of the molecule is COCCOc1ccc(C(=O)N2CCC(n3cc(C4CC4)nn3)C2)cc1. The molecule has 1 aliphatic heterocycles. The largest absolute Gasteiger partial charge is 0.491 e. The van der Waals surface area contributed by atoms with Crippen LogP contribution in [-0.2, 0) is 4.74 Å². The third-order valence-corrected chi connectivity index (χ3v) is 5.01. The van der Waals surface area contributed by atoms with Crippen molar-refractivity contribution in [3.8, 4) is 5.75 Å². The Labute approximate surface area is 152 Å². The van der Waals surface area contributed by atoms with E-state index >= 15 is 0 Å². The normalized spacial score (nSPS) is 19.7. The van der Waals surface area contributed by atoms with Gasteiger partial charge in [-0.3, -0.25) is 4.79 Å². The number of hydrogen-bond acceptors (Lipinski definition) is 5. The minimum atomic E-state index is 0.0541. The van der Waals surface area contributed by atoms with Gasteiger partial charge in [0.2, 0.25) is 0 Å². The summed E-state index contributed by atoms with van der Waals surface area (Å²) in [5.74, 6) is 1.40. The first-order valence-electron chi connectivity index (χ1n) is 9.17. The monoisotopic (exact) mass is 356 g/mol. The molecule has 0 spiro atoms. The summed E-state index contributed by atoms with van der Waals surface area (Å²) in [4.78, 5) is 14.6. The van der Waals surface area contributed by atoms with Crippen LogP contribution in [0.4, 0.5) is 0 Å². The lowest BCUT2D eigenvalue weighted by molar-refractivity contribution is 0.0787. The number of carbonyl (C=O) groups excluding carboxylic acids is 1. The molecule has 7 nitrogen and oxygen atoms in total. The molecular formula is C19H24N4O3. The van der Waals surface area contributed by atoms with Gasteiger partial charge in [0.05, 0.1) is 18.3 Å².